The van der Waals surface area contributed by atoms with Gasteiger partial charge in [0.1, 0.15) is 0 Å². The van der Waals surface area contributed by atoms with Crippen LogP contribution in [-0.4, -0.2) is 16.6 Å². The van der Waals surface area contributed by atoms with Gasteiger partial charge in [-0.3, -0.25) is 4.79 Å². The first-order valence-corrected chi connectivity index (χ1v) is 6.89. The molecule has 1 aromatic carbocycles. The first kappa shape index (κ1) is 14.1. The van der Waals surface area contributed by atoms with Gasteiger partial charge in [0.05, 0.1) is 5.78 Å². The van der Waals surface area contributed by atoms with E-state index in [0.29, 0.717) is 6.42 Å². The summed E-state index contributed by atoms with van der Waals surface area (Å²) in [5, 5.41) is 2.86. The van der Waals surface area contributed by atoms with E-state index in [2.05, 4.69) is 5.32 Å². The van der Waals surface area contributed by atoms with E-state index in [1.54, 1.807) is 0 Å². The first-order chi connectivity index (χ1) is 8.13. The van der Waals surface area contributed by atoms with Gasteiger partial charge in [0.25, 0.3) is 0 Å². The quantitative estimate of drug-likeness (QED) is 0.764. The Balaban J connectivity index is 2.35. The third-order valence-corrected chi connectivity index (χ3v) is 3.69. The van der Waals surface area contributed by atoms with Crippen molar-refractivity contribution < 1.29 is 9.69 Å². The van der Waals surface area contributed by atoms with Crippen LogP contribution >= 0.6 is 8.81 Å². The summed E-state index contributed by atoms with van der Waals surface area (Å²) in [5.74, 6) is 0.159. The van der Waals surface area contributed by atoms with Gasteiger partial charge in [0.15, 0.2) is 0 Å². The Kier molecular flexibility index (Phi) is 6.17. The first-order valence-electron chi connectivity index (χ1n) is 5.86. The lowest BCUT2D eigenvalue weighted by atomic mass is 10.1. The molecule has 0 heterocycles. The van der Waals surface area contributed by atoms with Crippen LogP contribution in [0.5, 0.6) is 0 Å². The van der Waals surface area contributed by atoms with Crippen molar-refractivity contribution in [2.75, 3.05) is 0 Å². The van der Waals surface area contributed by atoms with Crippen molar-refractivity contribution in [1.29, 1.82) is 0 Å². The normalized spacial score (nSPS) is 13.2. The number of rotatable bonds is 6. The predicted octanol–water partition coefficient (Wildman–Crippen LogP) is 2.30. The third kappa shape index (κ3) is 5.29. The molecule has 2 unspecified atom stereocenters. The Morgan fingerprint density at radius 1 is 1.35 bits per heavy atom. The second-order valence-electron chi connectivity index (χ2n) is 4.40. The standard InChI is InChI=1S/C13H20NO2P/c1-10(2)13(17-16)14-12(15)9-8-11-6-4-3-5-7-11/h3-7,10,13,16-17H,8-9H2,1-2H3,(H,14,15). The number of hydrogen-bond acceptors (Lipinski definition) is 2. The summed E-state index contributed by atoms with van der Waals surface area (Å²) in [4.78, 5) is 20.8. The lowest BCUT2D eigenvalue weighted by Gasteiger charge is -2.19. The molecule has 17 heavy (non-hydrogen) atoms. The van der Waals surface area contributed by atoms with E-state index in [0.717, 1.165) is 12.0 Å². The summed E-state index contributed by atoms with van der Waals surface area (Å²) in [5.41, 5.74) is 1.16. The van der Waals surface area contributed by atoms with E-state index in [1.165, 1.54) is 0 Å². The maximum absolute atomic E-state index is 11.7. The van der Waals surface area contributed by atoms with Crippen LogP contribution in [0.2, 0.25) is 0 Å². The van der Waals surface area contributed by atoms with Gasteiger partial charge < -0.3 is 10.2 Å². The summed E-state index contributed by atoms with van der Waals surface area (Å²) < 4.78 is 0. The number of amides is 1. The highest BCUT2D eigenvalue weighted by atomic mass is 31.1. The van der Waals surface area contributed by atoms with Crippen LogP contribution in [0, 0.1) is 5.92 Å². The minimum absolute atomic E-state index is 0.00843. The molecule has 0 saturated carbocycles. The number of carbonyl (C=O) groups is 1. The van der Waals surface area contributed by atoms with Gasteiger partial charge in [0.2, 0.25) is 5.91 Å². The van der Waals surface area contributed by atoms with Crippen LogP contribution in [0.15, 0.2) is 30.3 Å². The highest BCUT2D eigenvalue weighted by molar-refractivity contribution is 7.32. The molecule has 4 heteroatoms. The SMILES string of the molecule is CC(C)C(NC(=O)CCc1ccccc1)PO. The fourth-order valence-electron chi connectivity index (χ4n) is 1.50. The van der Waals surface area contributed by atoms with E-state index in [-0.39, 0.29) is 26.4 Å². The van der Waals surface area contributed by atoms with Crippen molar-refractivity contribution in [2.24, 2.45) is 5.92 Å². The van der Waals surface area contributed by atoms with Crippen LogP contribution < -0.4 is 5.32 Å². The highest BCUT2D eigenvalue weighted by Crippen LogP contribution is 2.19. The molecule has 94 valence electrons. The zero-order valence-corrected chi connectivity index (χ0v) is 11.3. The van der Waals surface area contributed by atoms with Crippen molar-refractivity contribution in [3.05, 3.63) is 35.9 Å². The van der Waals surface area contributed by atoms with E-state index >= 15 is 0 Å². The lowest BCUT2D eigenvalue weighted by molar-refractivity contribution is -0.121. The van der Waals surface area contributed by atoms with Crippen LogP contribution in [-0.2, 0) is 11.2 Å². The van der Waals surface area contributed by atoms with Crippen LogP contribution in [0.4, 0.5) is 0 Å². The Bertz CT molecular complexity index is 341. The van der Waals surface area contributed by atoms with Crippen molar-refractivity contribution >= 4 is 14.7 Å². The lowest BCUT2D eigenvalue weighted by Crippen LogP contribution is -2.35. The maximum atomic E-state index is 11.7. The Morgan fingerprint density at radius 3 is 2.53 bits per heavy atom. The van der Waals surface area contributed by atoms with E-state index in [4.69, 9.17) is 4.89 Å². The monoisotopic (exact) mass is 253 g/mol. The molecule has 0 bridgehead atoms. The number of hydrogen-bond donors (Lipinski definition) is 2. The minimum atomic E-state index is -0.239. The summed E-state index contributed by atoms with van der Waals surface area (Å²) in [7, 11) is -0.239. The molecule has 0 saturated heterocycles. The topological polar surface area (TPSA) is 49.3 Å². The molecule has 0 aromatic heterocycles. The average molecular weight is 253 g/mol. The Morgan fingerprint density at radius 2 is 2.00 bits per heavy atom. The van der Waals surface area contributed by atoms with Crippen molar-refractivity contribution in [1.82, 2.24) is 5.32 Å². The second-order valence-corrected chi connectivity index (χ2v) is 5.28. The highest BCUT2D eigenvalue weighted by Gasteiger charge is 2.14. The number of carbonyl (C=O) groups excluding carboxylic acids is 1. The van der Waals surface area contributed by atoms with Gasteiger partial charge in [-0.05, 0) is 17.9 Å². The van der Waals surface area contributed by atoms with Gasteiger partial charge in [0, 0.05) is 15.2 Å². The van der Waals surface area contributed by atoms with Gasteiger partial charge >= 0.3 is 0 Å². The summed E-state index contributed by atoms with van der Waals surface area (Å²) in [6.45, 7) is 3.98. The average Bonchev–Trinajstić information content (AvgIpc) is 2.34. The molecule has 0 aliphatic carbocycles. The molecule has 1 aromatic rings. The van der Waals surface area contributed by atoms with Crippen molar-refractivity contribution in [3.8, 4) is 0 Å². The zero-order chi connectivity index (χ0) is 12.7. The molecule has 0 fully saturated rings. The number of aryl methyl sites for hydroxylation is 1. The second kappa shape index (κ2) is 7.41. The smallest absolute Gasteiger partial charge is 0.220 e. The van der Waals surface area contributed by atoms with Crippen LogP contribution in [0.1, 0.15) is 25.8 Å². The molecule has 2 atom stereocenters. The molecule has 0 aliphatic rings. The Labute approximate surface area is 104 Å². The van der Waals surface area contributed by atoms with E-state index < -0.39 is 0 Å². The summed E-state index contributed by atoms with van der Waals surface area (Å²) in [6.07, 6.45) is 1.21. The molecule has 3 nitrogen and oxygen atoms in total. The van der Waals surface area contributed by atoms with Gasteiger partial charge in [-0.2, -0.15) is 0 Å². The van der Waals surface area contributed by atoms with E-state index in [9.17, 15) is 4.79 Å². The maximum Gasteiger partial charge on any atom is 0.220 e. The molecular formula is C13H20NO2P. The van der Waals surface area contributed by atoms with Crippen molar-refractivity contribution in [3.63, 3.8) is 0 Å². The number of nitrogens with one attached hydrogen (secondary N) is 1. The molecule has 1 amide bonds. The van der Waals surface area contributed by atoms with Crippen LogP contribution in [0.25, 0.3) is 0 Å². The van der Waals surface area contributed by atoms with Crippen LogP contribution in [0.3, 0.4) is 0 Å². The fraction of sp³-hybridized carbons (Fsp3) is 0.462. The fourth-order valence-corrected chi connectivity index (χ4v) is 2.02. The van der Waals surface area contributed by atoms with Crippen molar-refractivity contribution in [2.45, 2.75) is 32.5 Å². The molecule has 0 radical (unpaired) electrons. The molecule has 2 N–H and O–H groups in total. The third-order valence-electron chi connectivity index (χ3n) is 2.61. The van der Waals surface area contributed by atoms with Gasteiger partial charge in [-0.1, -0.05) is 44.2 Å². The largest absolute Gasteiger partial charge is 0.375 e. The van der Waals surface area contributed by atoms with Gasteiger partial charge in [-0.25, -0.2) is 0 Å². The minimum Gasteiger partial charge on any atom is -0.375 e. The molecule has 1 rings (SSSR count). The summed E-state index contributed by atoms with van der Waals surface area (Å²) >= 11 is 0. The summed E-state index contributed by atoms with van der Waals surface area (Å²) in [6, 6.07) is 9.94. The molecular weight excluding hydrogens is 233 g/mol. The molecule has 0 aliphatic heterocycles. The van der Waals surface area contributed by atoms with Gasteiger partial charge in [-0.15, -0.1) is 0 Å². The zero-order valence-electron chi connectivity index (χ0n) is 10.3. The predicted molar refractivity (Wildman–Crippen MR) is 72.1 cm³/mol. The Hall–Kier alpha value is -0.920. The van der Waals surface area contributed by atoms with E-state index in [1.807, 2.05) is 44.2 Å². The number of benzene rings is 1. The molecule has 0 spiro atoms.